The summed E-state index contributed by atoms with van der Waals surface area (Å²) in [5.74, 6) is -0.219. The Morgan fingerprint density at radius 2 is 2.04 bits per heavy atom. The minimum absolute atomic E-state index is 0.0494. The van der Waals surface area contributed by atoms with Gasteiger partial charge in [-0.2, -0.15) is 5.06 Å². The molecule has 1 aliphatic rings. The fraction of sp³-hybridized carbons (Fsp3) is 0.846. The minimum Gasteiger partial charge on any atom is -0.464 e. The predicted molar refractivity (Wildman–Crippen MR) is 96.4 cm³/mol. The van der Waals surface area contributed by atoms with E-state index < -0.39 is 31.9 Å². The molecule has 0 aromatic carbocycles. The van der Waals surface area contributed by atoms with Gasteiger partial charge in [0.2, 0.25) is 0 Å². The monoisotopic (exact) mass is 434 g/mol. The number of carbonyl (C=O) groups excluding carboxylic acids is 2. The Bertz CT molecular complexity index is 523. The average Bonchev–Trinajstić information content (AvgIpc) is 2.61. The molecule has 0 aromatic rings. The van der Waals surface area contributed by atoms with E-state index in [0.29, 0.717) is 5.06 Å². The van der Waals surface area contributed by atoms with Crippen molar-refractivity contribution >= 4 is 42.9 Å². The molecule has 3 unspecified atom stereocenters. The zero-order chi connectivity index (χ0) is 19.7. The van der Waals surface area contributed by atoms with E-state index in [-0.39, 0.29) is 44.5 Å². The number of amides is 2. The van der Waals surface area contributed by atoms with Crippen molar-refractivity contribution in [3.05, 3.63) is 0 Å². The molecule has 1 aliphatic heterocycles. The SMILES string of the molecule is CCOC(=O)C(C)NC(=O)N(O)C1CCOP(=O)(N(CCCl)CCCl)N1. The van der Waals surface area contributed by atoms with E-state index >= 15 is 0 Å². The van der Waals surface area contributed by atoms with Gasteiger partial charge in [0.05, 0.1) is 13.2 Å². The molecule has 0 spiro atoms. The third-order valence-electron chi connectivity index (χ3n) is 3.51. The summed E-state index contributed by atoms with van der Waals surface area (Å²) in [4.78, 5) is 23.7. The van der Waals surface area contributed by atoms with E-state index in [1.54, 1.807) is 6.92 Å². The highest BCUT2D eigenvalue weighted by Crippen LogP contribution is 2.49. The average molecular weight is 435 g/mol. The van der Waals surface area contributed by atoms with Crippen molar-refractivity contribution in [3.8, 4) is 0 Å². The van der Waals surface area contributed by atoms with Gasteiger partial charge >= 0.3 is 19.7 Å². The first-order valence-corrected chi connectivity index (χ1v) is 10.8. The second-order valence-electron chi connectivity index (χ2n) is 5.39. The smallest absolute Gasteiger partial charge is 0.345 e. The number of hydrogen-bond donors (Lipinski definition) is 3. The molecule has 1 heterocycles. The molecule has 0 aliphatic carbocycles. The summed E-state index contributed by atoms with van der Waals surface area (Å²) in [7, 11) is -3.53. The summed E-state index contributed by atoms with van der Waals surface area (Å²) >= 11 is 11.4. The van der Waals surface area contributed by atoms with Crippen LogP contribution in [-0.4, -0.2) is 77.2 Å². The number of hydroxylamine groups is 2. The van der Waals surface area contributed by atoms with Gasteiger partial charge in [-0.25, -0.2) is 19.3 Å². The first kappa shape index (κ1) is 23.4. The fourth-order valence-electron chi connectivity index (χ4n) is 2.21. The topological polar surface area (TPSA) is 120 Å². The summed E-state index contributed by atoms with van der Waals surface area (Å²) in [5.41, 5.74) is 0. The summed E-state index contributed by atoms with van der Waals surface area (Å²) in [6.07, 6.45) is -0.783. The standard InChI is InChI=1S/C13H25Cl2N4O6P/c1-3-24-12(20)10(2)16-13(21)19(22)11-4-9-25-26(23,17-11)18(7-5-14)8-6-15/h10-11,22H,3-9H2,1-2H3,(H,16,21)(H,17,23). The molecule has 152 valence electrons. The van der Waals surface area contributed by atoms with Crippen LogP contribution in [0.15, 0.2) is 0 Å². The number of nitrogens with one attached hydrogen (secondary N) is 2. The molecule has 26 heavy (non-hydrogen) atoms. The molecule has 0 saturated carbocycles. The first-order chi connectivity index (χ1) is 12.3. The highest BCUT2D eigenvalue weighted by Gasteiger charge is 2.40. The Morgan fingerprint density at radius 1 is 1.42 bits per heavy atom. The Kier molecular flexibility index (Phi) is 10.2. The van der Waals surface area contributed by atoms with Gasteiger partial charge in [0.25, 0.3) is 0 Å². The maximum absolute atomic E-state index is 13.0. The van der Waals surface area contributed by atoms with Crippen LogP contribution in [0.25, 0.3) is 0 Å². The quantitative estimate of drug-likeness (QED) is 0.164. The van der Waals surface area contributed by atoms with Gasteiger partial charge < -0.3 is 14.6 Å². The van der Waals surface area contributed by atoms with Crippen molar-refractivity contribution in [2.24, 2.45) is 0 Å². The van der Waals surface area contributed by atoms with Gasteiger partial charge in [-0.05, 0) is 13.8 Å². The molecule has 1 rings (SSSR count). The maximum Gasteiger partial charge on any atom is 0.345 e. The number of hydrogen-bond acceptors (Lipinski definition) is 6. The van der Waals surface area contributed by atoms with Crippen LogP contribution >= 0.6 is 30.9 Å². The first-order valence-electron chi connectivity index (χ1n) is 8.14. The van der Waals surface area contributed by atoms with Crippen LogP contribution in [0.1, 0.15) is 20.3 Å². The Labute approximate surface area is 162 Å². The molecule has 10 nitrogen and oxygen atoms in total. The number of esters is 1. The van der Waals surface area contributed by atoms with E-state index in [0.717, 1.165) is 0 Å². The Hall–Kier alpha value is -0.610. The largest absolute Gasteiger partial charge is 0.464 e. The molecule has 3 N–H and O–H groups in total. The van der Waals surface area contributed by atoms with Crippen molar-refractivity contribution in [1.29, 1.82) is 0 Å². The van der Waals surface area contributed by atoms with Gasteiger partial charge in [-0.3, -0.25) is 9.77 Å². The lowest BCUT2D eigenvalue weighted by Gasteiger charge is -2.39. The maximum atomic E-state index is 13.0. The van der Waals surface area contributed by atoms with Crippen LogP contribution in [0, 0.1) is 0 Å². The van der Waals surface area contributed by atoms with Crippen molar-refractivity contribution in [1.82, 2.24) is 20.1 Å². The van der Waals surface area contributed by atoms with Crippen LogP contribution in [-0.2, 0) is 18.6 Å². The highest BCUT2D eigenvalue weighted by molar-refractivity contribution is 7.54. The summed E-state index contributed by atoms with van der Waals surface area (Å²) < 4.78 is 24.6. The second-order valence-corrected chi connectivity index (χ2v) is 8.27. The summed E-state index contributed by atoms with van der Waals surface area (Å²) in [5, 5.41) is 15.4. The van der Waals surface area contributed by atoms with Gasteiger partial charge in [-0.15, -0.1) is 23.2 Å². The van der Waals surface area contributed by atoms with Gasteiger partial charge in [-0.1, -0.05) is 0 Å². The molecule has 0 bridgehead atoms. The lowest BCUT2D eigenvalue weighted by molar-refractivity contribution is -0.145. The third-order valence-corrected chi connectivity index (χ3v) is 6.15. The zero-order valence-corrected chi connectivity index (χ0v) is 17.1. The van der Waals surface area contributed by atoms with Crippen LogP contribution in [0.2, 0.25) is 0 Å². The molecule has 1 fully saturated rings. The predicted octanol–water partition coefficient (Wildman–Crippen LogP) is 1.56. The van der Waals surface area contributed by atoms with E-state index in [2.05, 4.69) is 10.4 Å². The van der Waals surface area contributed by atoms with Crippen LogP contribution in [0.4, 0.5) is 4.79 Å². The van der Waals surface area contributed by atoms with E-state index in [1.165, 1.54) is 11.6 Å². The fourth-order valence-corrected chi connectivity index (χ4v) is 4.95. The van der Waals surface area contributed by atoms with E-state index in [9.17, 15) is 19.4 Å². The molecule has 3 atom stereocenters. The van der Waals surface area contributed by atoms with Crippen molar-refractivity contribution in [2.75, 3.05) is 38.1 Å². The number of carbonyl (C=O) groups is 2. The van der Waals surface area contributed by atoms with E-state index in [4.69, 9.17) is 32.5 Å². The second kappa shape index (κ2) is 11.3. The molecular formula is C13H25Cl2N4O6P. The molecule has 13 heteroatoms. The van der Waals surface area contributed by atoms with E-state index in [1.807, 2.05) is 0 Å². The zero-order valence-electron chi connectivity index (χ0n) is 14.7. The summed E-state index contributed by atoms with van der Waals surface area (Å²) in [6.45, 7) is 3.79. The van der Waals surface area contributed by atoms with Crippen molar-refractivity contribution in [2.45, 2.75) is 32.5 Å². The number of ether oxygens (including phenoxy) is 1. The summed E-state index contributed by atoms with van der Waals surface area (Å²) in [6, 6.07) is -1.88. The number of halogens is 2. The lowest BCUT2D eigenvalue weighted by Crippen LogP contribution is -2.55. The number of urea groups is 1. The van der Waals surface area contributed by atoms with Crippen LogP contribution < -0.4 is 10.4 Å². The van der Waals surface area contributed by atoms with Crippen LogP contribution in [0.3, 0.4) is 0 Å². The van der Waals surface area contributed by atoms with Crippen molar-refractivity contribution < 1.29 is 28.6 Å². The van der Waals surface area contributed by atoms with Crippen LogP contribution in [0.5, 0.6) is 0 Å². The number of alkyl halides is 2. The highest BCUT2D eigenvalue weighted by atomic mass is 35.5. The lowest BCUT2D eigenvalue weighted by atomic mass is 10.3. The Morgan fingerprint density at radius 3 is 2.58 bits per heavy atom. The number of rotatable bonds is 9. The van der Waals surface area contributed by atoms with Crippen molar-refractivity contribution in [3.63, 3.8) is 0 Å². The Balaban J connectivity index is 2.74. The van der Waals surface area contributed by atoms with Gasteiger partial charge in [0.15, 0.2) is 0 Å². The third kappa shape index (κ3) is 6.53. The minimum atomic E-state index is -3.53. The van der Waals surface area contributed by atoms with Gasteiger partial charge in [0, 0.05) is 31.3 Å². The van der Waals surface area contributed by atoms with Gasteiger partial charge in [0.1, 0.15) is 12.2 Å². The number of nitrogens with zero attached hydrogens (tertiary/aromatic N) is 2. The molecule has 2 amide bonds. The molecule has 1 saturated heterocycles. The molecule has 0 radical (unpaired) electrons. The normalized spacial score (nSPS) is 24.2. The molecular weight excluding hydrogens is 410 g/mol. The molecule has 0 aromatic heterocycles.